The van der Waals surface area contributed by atoms with E-state index in [0.29, 0.717) is 11.4 Å². The van der Waals surface area contributed by atoms with Crippen molar-refractivity contribution in [3.8, 4) is 16.4 Å². The van der Waals surface area contributed by atoms with Gasteiger partial charge >= 0.3 is 0 Å². The Balaban J connectivity index is 1.42. The van der Waals surface area contributed by atoms with Crippen LogP contribution in [0.5, 0.6) is 0 Å². The van der Waals surface area contributed by atoms with Crippen LogP contribution in [0.15, 0.2) is 65.9 Å². The van der Waals surface area contributed by atoms with E-state index in [4.69, 9.17) is 4.42 Å². The summed E-state index contributed by atoms with van der Waals surface area (Å²) in [6.45, 7) is 2.26. The van der Waals surface area contributed by atoms with Crippen molar-refractivity contribution in [3.05, 3.63) is 77.6 Å². The monoisotopic (exact) mass is 364 g/mol. The van der Waals surface area contributed by atoms with Gasteiger partial charge in [-0.25, -0.2) is 4.98 Å². The molecule has 0 unspecified atom stereocenters. The molecule has 0 bridgehead atoms. The Morgan fingerprint density at radius 2 is 2.12 bits per heavy atom. The van der Waals surface area contributed by atoms with E-state index in [0.717, 1.165) is 27.6 Å². The zero-order valence-corrected chi connectivity index (χ0v) is 14.9. The van der Waals surface area contributed by atoms with E-state index in [1.165, 1.54) is 11.3 Å². The number of nitrogens with one attached hydrogen (secondary N) is 1. The number of thiazole rings is 1. The first-order valence-electron chi connectivity index (χ1n) is 8.07. The third-order valence-corrected chi connectivity index (χ3v) is 5.08. The molecule has 0 radical (unpaired) electrons. The third-order valence-electron chi connectivity index (χ3n) is 3.91. The van der Waals surface area contributed by atoms with Crippen LogP contribution in [0.4, 0.5) is 0 Å². The molecule has 1 amide bonds. The largest absolute Gasteiger partial charge is 0.472 e. The predicted molar refractivity (Wildman–Crippen MR) is 99.3 cm³/mol. The van der Waals surface area contributed by atoms with Gasteiger partial charge in [-0.05, 0) is 36.8 Å². The van der Waals surface area contributed by atoms with Gasteiger partial charge in [0.25, 0.3) is 5.91 Å². The maximum atomic E-state index is 12.5. The quantitative estimate of drug-likeness (QED) is 0.584. The van der Waals surface area contributed by atoms with E-state index < -0.39 is 0 Å². The Morgan fingerprint density at radius 3 is 2.81 bits per heavy atom. The van der Waals surface area contributed by atoms with Crippen LogP contribution < -0.4 is 5.32 Å². The molecule has 0 aliphatic carbocycles. The molecule has 4 heterocycles. The van der Waals surface area contributed by atoms with Crippen LogP contribution in [0.1, 0.15) is 20.9 Å². The number of aromatic nitrogens is 3. The summed E-state index contributed by atoms with van der Waals surface area (Å²) < 4.78 is 6.96. The number of aryl methyl sites for hydroxylation is 1. The Kier molecular flexibility index (Phi) is 4.37. The molecule has 6 nitrogen and oxygen atoms in total. The van der Waals surface area contributed by atoms with Gasteiger partial charge in [-0.3, -0.25) is 9.78 Å². The van der Waals surface area contributed by atoms with Crippen LogP contribution in [0.3, 0.4) is 0 Å². The van der Waals surface area contributed by atoms with Crippen molar-refractivity contribution in [2.75, 3.05) is 0 Å². The molecule has 0 atom stereocenters. The molecule has 4 aromatic heterocycles. The molecule has 130 valence electrons. The van der Waals surface area contributed by atoms with Gasteiger partial charge in [0, 0.05) is 30.7 Å². The molecule has 4 rings (SSSR count). The number of carbonyl (C=O) groups excluding carboxylic acids is 1. The molecule has 4 aromatic rings. The van der Waals surface area contributed by atoms with Gasteiger partial charge in [0.15, 0.2) is 5.13 Å². The standard InChI is InChI=1S/C19H16N4O2S/c1-13-17(26-19(22-13)23-7-2-3-8-23)18(24)21-11-14-4-5-16(20-10-14)15-6-9-25-12-15/h2-10,12H,11H2,1H3,(H,21,24). The number of hydrogen-bond donors (Lipinski definition) is 1. The Morgan fingerprint density at radius 1 is 1.27 bits per heavy atom. The lowest BCUT2D eigenvalue weighted by Gasteiger charge is -2.05. The minimum absolute atomic E-state index is 0.127. The molecule has 0 saturated heterocycles. The van der Waals surface area contributed by atoms with Crippen LogP contribution in [0.2, 0.25) is 0 Å². The second kappa shape index (κ2) is 6.97. The maximum Gasteiger partial charge on any atom is 0.263 e. The molecule has 0 aliphatic rings. The smallest absolute Gasteiger partial charge is 0.263 e. The first-order chi connectivity index (χ1) is 12.7. The van der Waals surface area contributed by atoms with Gasteiger partial charge < -0.3 is 14.3 Å². The van der Waals surface area contributed by atoms with E-state index in [1.807, 2.05) is 54.2 Å². The molecule has 0 spiro atoms. The number of amides is 1. The fraction of sp³-hybridized carbons (Fsp3) is 0.105. The zero-order chi connectivity index (χ0) is 17.9. The number of pyridine rings is 1. The number of furan rings is 1. The molecule has 0 aliphatic heterocycles. The molecule has 7 heteroatoms. The van der Waals surface area contributed by atoms with E-state index in [1.54, 1.807) is 18.7 Å². The second-order valence-electron chi connectivity index (χ2n) is 5.75. The summed E-state index contributed by atoms with van der Waals surface area (Å²) in [5.41, 5.74) is 3.42. The summed E-state index contributed by atoms with van der Waals surface area (Å²) in [5.74, 6) is -0.127. The SMILES string of the molecule is Cc1nc(-n2cccc2)sc1C(=O)NCc1ccc(-c2ccoc2)nc1. The summed E-state index contributed by atoms with van der Waals surface area (Å²) >= 11 is 1.37. The van der Waals surface area contributed by atoms with Crippen molar-refractivity contribution in [2.45, 2.75) is 13.5 Å². The minimum atomic E-state index is -0.127. The lowest BCUT2D eigenvalue weighted by Crippen LogP contribution is -2.22. The third kappa shape index (κ3) is 3.29. The van der Waals surface area contributed by atoms with Crippen molar-refractivity contribution >= 4 is 17.2 Å². The van der Waals surface area contributed by atoms with E-state index in [2.05, 4.69) is 15.3 Å². The van der Waals surface area contributed by atoms with E-state index in [9.17, 15) is 4.79 Å². The highest BCUT2D eigenvalue weighted by molar-refractivity contribution is 7.16. The van der Waals surface area contributed by atoms with E-state index >= 15 is 0 Å². The van der Waals surface area contributed by atoms with Gasteiger partial charge in [0.05, 0.1) is 23.9 Å². The first-order valence-corrected chi connectivity index (χ1v) is 8.89. The van der Waals surface area contributed by atoms with Gasteiger partial charge in [-0.1, -0.05) is 17.4 Å². The van der Waals surface area contributed by atoms with Crippen LogP contribution >= 0.6 is 11.3 Å². The number of rotatable bonds is 5. The molecule has 0 saturated carbocycles. The Labute approximate surface area is 154 Å². The topological polar surface area (TPSA) is 73.0 Å². The summed E-state index contributed by atoms with van der Waals surface area (Å²) in [5, 5.41) is 3.71. The van der Waals surface area contributed by atoms with Gasteiger partial charge in [-0.15, -0.1) is 0 Å². The van der Waals surface area contributed by atoms with Crippen molar-refractivity contribution in [3.63, 3.8) is 0 Å². The average Bonchev–Trinajstić information content (AvgIpc) is 3.41. The van der Waals surface area contributed by atoms with Gasteiger partial charge in [0.1, 0.15) is 4.88 Å². The van der Waals surface area contributed by atoms with Crippen molar-refractivity contribution < 1.29 is 9.21 Å². The Hall–Kier alpha value is -3.19. The van der Waals surface area contributed by atoms with Crippen LogP contribution in [-0.2, 0) is 6.54 Å². The van der Waals surface area contributed by atoms with Crippen LogP contribution in [-0.4, -0.2) is 20.4 Å². The highest BCUT2D eigenvalue weighted by Crippen LogP contribution is 2.22. The fourth-order valence-corrected chi connectivity index (χ4v) is 3.49. The van der Waals surface area contributed by atoms with Crippen LogP contribution in [0, 0.1) is 6.92 Å². The summed E-state index contributed by atoms with van der Waals surface area (Å²) in [6, 6.07) is 9.57. The fourth-order valence-electron chi connectivity index (χ4n) is 2.54. The minimum Gasteiger partial charge on any atom is -0.472 e. The molecular formula is C19H16N4O2S. The van der Waals surface area contributed by atoms with Gasteiger partial charge in [-0.2, -0.15) is 0 Å². The molecule has 26 heavy (non-hydrogen) atoms. The molecular weight excluding hydrogens is 348 g/mol. The predicted octanol–water partition coefficient (Wildman–Crippen LogP) is 3.83. The summed E-state index contributed by atoms with van der Waals surface area (Å²) in [7, 11) is 0. The Bertz CT molecular complexity index is 1000. The molecule has 1 N–H and O–H groups in total. The molecule has 0 fully saturated rings. The summed E-state index contributed by atoms with van der Waals surface area (Å²) in [6.07, 6.45) is 8.84. The maximum absolute atomic E-state index is 12.5. The highest BCUT2D eigenvalue weighted by Gasteiger charge is 2.15. The normalized spacial score (nSPS) is 10.8. The van der Waals surface area contributed by atoms with Crippen LogP contribution in [0.25, 0.3) is 16.4 Å². The van der Waals surface area contributed by atoms with Gasteiger partial charge in [0.2, 0.25) is 0 Å². The number of hydrogen-bond acceptors (Lipinski definition) is 5. The summed E-state index contributed by atoms with van der Waals surface area (Å²) in [4.78, 5) is 22.0. The highest BCUT2D eigenvalue weighted by atomic mass is 32.1. The molecule has 0 aromatic carbocycles. The van der Waals surface area contributed by atoms with Crippen molar-refractivity contribution in [1.82, 2.24) is 19.9 Å². The first kappa shape index (κ1) is 16.3. The lowest BCUT2D eigenvalue weighted by molar-refractivity contribution is 0.0954. The second-order valence-corrected chi connectivity index (χ2v) is 6.73. The number of carbonyl (C=O) groups is 1. The van der Waals surface area contributed by atoms with Crippen molar-refractivity contribution in [1.29, 1.82) is 0 Å². The lowest BCUT2D eigenvalue weighted by atomic mass is 10.2. The van der Waals surface area contributed by atoms with E-state index in [-0.39, 0.29) is 5.91 Å². The zero-order valence-electron chi connectivity index (χ0n) is 14.0. The number of nitrogens with zero attached hydrogens (tertiary/aromatic N) is 3. The average molecular weight is 364 g/mol. The van der Waals surface area contributed by atoms with Crippen molar-refractivity contribution in [2.24, 2.45) is 0 Å².